The highest BCUT2D eigenvalue weighted by molar-refractivity contribution is 5.45. The van der Waals surface area contributed by atoms with Gasteiger partial charge < -0.3 is 10.2 Å². The molecule has 0 bridgehead atoms. The summed E-state index contributed by atoms with van der Waals surface area (Å²) in [5.41, 5.74) is 5.14. The van der Waals surface area contributed by atoms with E-state index in [1.54, 1.807) is 24.3 Å². The van der Waals surface area contributed by atoms with Crippen molar-refractivity contribution >= 4 is 0 Å². The van der Waals surface area contributed by atoms with E-state index >= 15 is 0 Å². The summed E-state index contributed by atoms with van der Waals surface area (Å²) < 4.78 is 0. The third-order valence-electron chi connectivity index (χ3n) is 6.29. The Labute approximate surface area is 154 Å². The normalized spacial score (nSPS) is 26.0. The molecule has 0 aromatic heterocycles. The number of nitriles is 1. The van der Waals surface area contributed by atoms with Crippen molar-refractivity contribution in [2.45, 2.75) is 43.9 Å². The number of aromatic hydroxyl groups is 2. The van der Waals surface area contributed by atoms with Crippen LogP contribution in [0.1, 0.15) is 42.4 Å². The van der Waals surface area contributed by atoms with Crippen molar-refractivity contribution in [3.05, 3.63) is 70.8 Å². The summed E-state index contributed by atoms with van der Waals surface area (Å²) in [4.78, 5) is 0. The van der Waals surface area contributed by atoms with Crippen LogP contribution in [-0.4, -0.2) is 10.2 Å². The van der Waals surface area contributed by atoms with Gasteiger partial charge in [-0.05, 0) is 85.4 Å². The average Bonchev–Trinajstić information content (AvgIpc) is 2.64. The predicted molar refractivity (Wildman–Crippen MR) is 101 cm³/mol. The monoisotopic (exact) mass is 345 g/mol. The van der Waals surface area contributed by atoms with Crippen LogP contribution in [0.5, 0.6) is 11.5 Å². The number of rotatable bonds is 2. The molecule has 3 heteroatoms. The summed E-state index contributed by atoms with van der Waals surface area (Å²) in [6, 6.07) is 15.6. The summed E-state index contributed by atoms with van der Waals surface area (Å²) in [6.07, 6.45) is 7.66. The molecule has 0 radical (unpaired) electrons. The molecule has 2 aliphatic rings. The third kappa shape index (κ3) is 2.86. The number of nitrogens with zero attached hydrogens (tertiary/aromatic N) is 1. The fraction of sp³-hybridized carbons (Fsp3) is 0.348. The zero-order valence-electron chi connectivity index (χ0n) is 14.8. The number of hydrogen-bond donors (Lipinski definition) is 2. The first-order valence-corrected chi connectivity index (χ1v) is 9.28. The highest BCUT2D eigenvalue weighted by Crippen LogP contribution is 2.53. The zero-order valence-corrected chi connectivity index (χ0v) is 14.8. The maximum absolute atomic E-state index is 9.93. The molecule has 0 heterocycles. The summed E-state index contributed by atoms with van der Waals surface area (Å²) >= 11 is 0. The molecule has 0 amide bonds. The van der Waals surface area contributed by atoms with Gasteiger partial charge in [0.2, 0.25) is 0 Å². The number of allylic oxidation sites excluding steroid dienone is 2. The molecule has 4 rings (SSSR count). The highest BCUT2D eigenvalue weighted by atomic mass is 16.3. The van der Waals surface area contributed by atoms with Gasteiger partial charge in [0, 0.05) is 11.5 Å². The lowest BCUT2D eigenvalue weighted by atomic mass is 9.54. The van der Waals surface area contributed by atoms with Gasteiger partial charge in [-0.3, -0.25) is 0 Å². The van der Waals surface area contributed by atoms with Gasteiger partial charge in [0.15, 0.2) is 0 Å². The van der Waals surface area contributed by atoms with Gasteiger partial charge in [-0.15, -0.1) is 0 Å². The highest BCUT2D eigenvalue weighted by Gasteiger charge is 2.46. The van der Waals surface area contributed by atoms with Crippen LogP contribution in [-0.2, 0) is 18.3 Å². The van der Waals surface area contributed by atoms with Crippen molar-refractivity contribution in [3.63, 3.8) is 0 Å². The molecular weight excluding hydrogens is 322 g/mol. The molecule has 0 saturated heterocycles. The molecule has 1 fully saturated rings. The van der Waals surface area contributed by atoms with Gasteiger partial charge >= 0.3 is 0 Å². The predicted octanol–water partition coefficient (Wildman–Crippen LogP) is 4.77. The van der Waals surface area contributed by atoms with E-state index in [0.717, 1.165) is 38.5 Å². The largest absolute Gasteiger partial charge is 0.508 e. The molecule has 2 aromatic rings. The van der Waals surface area contributed by atoms with E-state index in [9.17, 15) is 10.2 Å². The molecule has 0 spiro atoms. The van der Waals surface area contributed by atoms with Gasteiger partial charge in [-0.1, -0.05) is 23.8 Å². The van der Waals surface area contributed by atoms with Gasteiger partial charge in [-0.25, -0.2) is 0 Å². The van der Waals surface area contributed by atoms with Gasteiger partial charge in [-0.2, -0.15) is 5.26 Å². The first-order chi connectivity index (χ1) is 12.6. The SMILES string of the molecule is N#CC=C1CC[C@@]2(Cc3ccc(O)cc3)c3ccc(O)cc3CC[C@@H]2C1. The minimum Gasteiger partial charge on any atom is -0.508 e. The Morgan fingerprint density at radius 3 is 2.62 bits per heavy atom. The summed E-state index contributed by atoms with van der Waals surface area (Å²) in [7, 11) is 0. The zero-order chi connectivity index (χ0) is 18.1. The van der Waals surface area contributed by atoms with E-state index < -0.39 is 0 Å². The smallest absolute Gasteiger partial charge is 0.115 e. The molecule has 2 aromatic carbocycles. The second-order valence-corrected chi connectivity index (χ2v) is 7.71. The Kier molecular flexibility index (Phi) is 4.20. The number of phenolic OH excluding ortho intramolecular Hbond substituents is 2. The van der Waals surface area contributed by atoms with E-state index in [-0.39, 0.29) is 5.41 Å². The van der Waals surface area contributed by atoms with Crippen LogP contribution in [0.2, 0.25) is 0 Å². The van der Waals surface area contributed by atoms with E-state index in [2.05, 4.69) is 12.1 Å². The van der Waals surface area contributed by atoms with E-state index in [4.69, 9.17) is 5.26 Å². The lowest BCUT2D eigenvalue weighted by Crippen LogP contribution is -2.44. The van der Waals surface area contributed by atoms with Crippen molar-refractivity contribution in [1.29, 1.82) is 5.26 Å². The summed E-state index contributed by atoms with van der Waals surface area (Å²) in [5.74, 6) is 1.13. The maximum Gasteiger partial charge on any atom is 0.115 e. The van der Waals surface area contributed by atoms with Crippen molar-refractivity contribution in [3.8, 4) is 17.6 Å². The second kappa shape index (κ2) is 6.53. The molecule has 2 N–H and O–H groups in total. The average molecular weight is 345 g/mol. The minimum atomic E-state index is 0.0328. The third-order valence-corrected chi connectivity index (χ3v) is 6.29. The Morgan fingerprint density at radius 1 is 1.08 bits per heavy atom. The molecule has 0 aliphatic heterocycles. The van der Waals surface area contributed by atoms with Crippen molar-refractivity contribution in [2.24, 2.45) is 5.92 Å². The van der Waals surface area contributed by atoms with Crippen LogP contribution in [0.4, 0.5) is 0 Å². The van der Waals surface area contributed by atoms with Crippen LogP contribution in [0.15, 0.2) is 54.1 Å². The van der Waals surface area contributed by atoms with Gasteiger partial charge in [0.1, 0.15) is 11.5 Å². The Bertz CT molecular complexity index is 891. The number of benzene rings is 2. The lowest BCUT2D eigenvalue weighted by molar-refractivity contribution is 0.186. The molecule has 2 atom stereocenters. The fourth-order valence-corrected chi connectivity index (χ4v) is 5.07. The van der Waals surface area contributed by atoms with Crippen LogP contribution in [0.3, 0.4) is 0 Å². The van der Waals surface area contributed by atoms with Crippen molar-refractivity contribution < 1.29 is 10.2 Å². The topological polar surface area (TPSA) is 64.2 Å². The summed E-state index contributed by atoms with van der Waals surface area (Å²) in [5, 5.41) is 28.6. The first-order valence-electron chi connectivity index (χ1n) is 9.28. The standard InChI is InChI=1S/C23H23NO2/c24-12-10-16-9-11-23(15-17-1-5-20(25)6-2-17)19(13-16)4-3-18-14-21(26)7-8-22(18)23/h1-2,5-8,10,14,19,25-26H,3-4,9,11,13,15H2/t19-,23+/m1/s1. The number of fused-ring (bicyclic) bond motifs is 3. The molecule has 2 aliphatic carbocycles. The van der Waals surface area contributed by atoms with Crippen molar-refractivity contribution in [2.75, 3.05) is 0 Å². The van der Waals surface area contributed by atoms with Crippen LogP contribution >= 0.6 is 0 Å². The Morgan fingerprint density at radius 2 is 1.85 bits per heavy atom. The second-order valence-electron chi connectivity index (χ2n) is 7.71. The number of phenols is 2. The quantitative estimate of drug-likeness (QED) is 0.770. The van der Waals surface area contributed by atoms with Gasteiger partial charge in [0.25, 0.3) is 0 Å². The van der Waals surface area contributed by atoms with E-state index in [0.29, 0.717) is 17.4 Å². The lowest BCUT2D eigenvalue weighted by Gasteiger charge is -2.49. The van der Waals surface area contributed by atoms with Gasteiger partial charge in [0.05, 0.1) is 6.07 Å². The summed E-state index contributed by atoms with van der Waals surface area (Å²) in [6.45, 7) is 0. The number of aryl methyl sites for hydroxylation is 1. The van der Waals surface area contributed by atoms with Crippen LogP contribution in [0, 0.1) is 17.2 Å². The van der Waals surface area contributed by atoms with E-state index in [1.165, 1.54) is 22.3 Å². The molecule has 132 valence electrons. The molecule has 3 nitrogen and oxygen atoms in total. The molecular formula is C23H23NO2. The van der Waals surface area contributed by atoms with Crippen LogP contribution < -0.4 is 0 Å². The molecule has 26 heavy (non-hydrogen) atoms. The first kappa shape index (κ1) is 16.7. The molecule has 1 saturated carbocycles. The maximum atomic E-state index is 9.93. The fourth-order valence-electron chi connectivity index (χ4n) is 5.07. The van der Waals surface area contributed by atoms with Crippen LogP contribution in [0.25, 0.3) is 0 Å². The molecule has 0 unspecified atom stereocenters. The van der Waals surface area contributed by atoms with E-state index in [1.807, 2.05) is 18.2 Å². The Hall–Kier alpha value is -2.73. The van der Waals surface area contributed by atoms with Crippen molar-refractivity contribution in [1.82, 2.24) is 0 Å². The minimum absolute atomic E-state index is 0.0328. The number of hydrogen-bond acceptors (Lipinski definition) is 3. The Balaban J connectivity index is 1.78.